The zero-order valence-corrected chi connectivity index (χ0v) is 56.9. The first-order chi connectivity index (χ1) is 46.3. The van der Waals surface area contributed by atoms with Crippen molar-refractivity contribution in [3.63, 3.8) is 0 Å². The molecule has 0 saturated carbocycles. The van der Waals surface area contributed by atoms with Crippen LogP contribution in [-0.2, 0) is 64.0 Å². The molecule has 24 heteroatoms. The van der Waals surface area contributed by atoms with E-state index in [1.54, 1.807) is 38.1 Å². The van der Waals surface area contributed by atoms with E-state index in [-0.39, 0.29) is 71.2 Å². The quantitative estimate of drug-likeness (QED) is 0.0338. The van der Waals surface area contributed by atoms with E-state index < -0.39 is 84.4 Å². The van der Waals surface area contributed by atoms with Crippen molar-refractivity contribution >= 4 is 126 Å². The SMILES string of the molecule is C=Cc1c(C)c2cc3nc(c(CC(=O)N[C@@H](C)C(=O)O)c4nc(cc5[nH]c(cc1[nH]2)c(C)c5CC)C(C)=C4C(=O)O)C(CCC(=O)O)C3C.C=Cc1c(C)c2cc3nc(c(CC(=O)O)c4nc(cc5[nH]c(cc1[nH]2)c(C)c5CC)C(C)=C4C(=O)O)C(CCC(=O)N[C@@H](C)C(=O)O)C3C. The number of carbonyl (C=O) groups excluding carboxylic acids is 2. The van der Waals surface area contributed by atoms with Gasteiger partial charge in [0.05, 0.1) is 58.2 Å². The molecule has 4 aliphatic rings. The largest absolute Gasteiger partial charge is 0.481 e. The van der Waals surface area contributed by atoms with Crippen LogP contribution in [0.5, 0.6) is 0 Å². The minimum absolute atomic E-state index is 0.0206. The van der Waals surface area contributed by atoms with Crippen LogP contribution in [0.2, 0.25) is 0 Å². The third kappa shape index (κ3) is 14.0. The zero-order valence-electron chi connectivity index (χ0n) is 56.9. The van der Waals surface area contributed by atoms with Gasteiger partial charge in [-0.15, -0.1) is 0 Å². The monoisotopic (exact) mass is 1330 g/mol. The highest BCUT2D eigenvalue weighted by atomic mass is 16.4. The van der Waals surface area contributed by atoms with Gasteiger partial charge in [0.15, 0.2) is 0 Å². The van der Waals surface area contributed by atoms with Gasteiger partial charge in [-0.05, 0) is 162 Å². The lowest BCUT2D eigenvalue weighted by Crippen LogP contribution is -2.39. The standard InChI is InChI=1S/2C37H41N5O7/c1-8-21-16(3)25-13-27-18(5)23(10-11-32(44)45)34(41-27)24(12-31(43)38-20(7)36(46)47)35-33(37(48)49)19(6)28(42-35)15-30-22(9-2)17(4)26(40-30)14-29(21)39-25;1-8-21-16(3)25-13-27-18(5)23(10-11-31(43)38-20(7)36(46)47)34(41-27)24(12-32(44)45)35-33(37(48)49)19(6)28(42-35)15-30-22(9-2)17(4)26(40-30)14-29(21)39-25/h2*8,13-15,18,20,23,39-40H,1,9-12H2,2-7H3,(H,38,43)(H,44,45)(H,46,47)(H,48,49)/t2*18?,20-,23?/m00/s1. The van der Waals surface area contributed by atoms with Gasteiger partial charge in [0, 0.05) is 114 Å². The number of carbonyl (C=O) groups is 8. The van der Waals surface area contributed by atoms with E-state index in [9.17, 15) is 69.0 Å². The Balaban J connectivity index is 0.000000229. The summed E-state index contributed by atoms with van der Waals surface area (Å²) in [6.07, 6.45) is 4.09. The molecule has 0 aromatic carbocycles. The maximum atomic E-state index is 13.4. The number of aromatic nitrogens is 8. The number of carboxylic acids is 6. The van der Waals surface area contributed by atoms with Crippen LogP contribution in [0.4, 0.5) is 0 Å². The third-order valence-corrected chi connectivity index (χ3v) is 19.4. The molecular weight excluding hydrogens is 1250 g/mol. The van der Waals surface area contributed by atoms with Crippen LogP contribution in [-0.4, -0.2) is 130 Å². The third-order valence-electron chi connectivity index (χ3n) is 19.4. The molecule has 512 valence electrons. The van der Waals surface area contributed by atoms with Gasteiger partial charge in [-0.3, -0.25) is 38.7 Å². The summed E-state index contributed by atoms with van der Waals surface area (Å²) in [5.74, 6) is -9.92. The Kier molecular flexibility index (Phi) is 20.9. The van der Waals surface area contributed by atoms with Gasteiger partial charge >= 0.3 is 35.8 Å². The summed E-state index contributed by atoms with van der Waals surface area (Å²) in [6.45, 7) is 30.0. The fourth-order valence-corrected chi connectivity index (χ4v) is 13.8. The van der Waals surface area contributed by atoms with Crippen molar-refractivity contribution in [3.05, 3.63) is 151 Å². The number of aromatic amines is 4. The molecule has 4 aliphatic heterocycles. The van der Waals surface area contributed by atoms with Gasteiger partial charge in [-0.1, -0.05) is 53.0 Å². The molecule has 6 atom stereocenters. The topological polar surface area (TPSA) is 397 Å². The number of allylic oxidation sites excluding steroid dienone is 2. The molecule has 16 bridgehead atoms. The first-order valence-electron chi connectivity index (χ1n) is 32.5. The lowest BCUT2D eigenvalue weighted by Gasteiger charge is -2.19. The second-order valence-corrected chi connectivity index (χ2v) is 25.4. The van der Waals surface area contributed by atoms with Gasteiger partial charge in [0.1, 0.15) is 12.1 Å². The Labute approximate surface area is 564 Å². The Morgan fingerprint density at radius 1 is 0.480 bits per heavy atom. The van der Waals surface area contributed by atoms with Crippen molar-refractivity contribution in [2.24, 2.45) is 0 Å². The molecular formula is C74H82N10O14. The molecule has 10 rings (SSSR count). The number of amides is 2. The fourth-order valence-electron chi connectivity index (χ4n) is 13.8. The predicted molar refractivity (Wildman–Crippen MR) is 374 cm³/mol. The molecule has 0 saturated heterocycles. The number of nitrogens with one attached hydrogen (secondary N) is 6. The van der Waals surface area contributed by atoms with Crippen molar-refractivity contribution < 1.29 is 69.0 Å². The summed E-state index contributed by atoms with van der Waals surface area (Å²) in [4.78, 5) is 133. The fraction of sp³-hybridized carbons (Fsp3) is 0.351. The number of nitrogens with zero attached hydrogens (tertiary/aromatic N) is 4. The molecule has 0 radical (unpaired) electrons. The minimum Gasteiger partial charge on any atom is -0.481 e. The summed E-state index contributed by atoms with van der Waals surface area (Å²) in [7, 11) is 0. The van der Waals surface area contributed by atoms with E-state index in [0.717, 1.165) is 88.6 Å². The average molecular weight is 1340 g/mol. The highest BCUT2D eigenvalue weighted by Crippen LogP contribution is 2.46. The number of aryl methyl sites for hydroxylation is 6. The second kappa shape index (κ2) is 28.7. The number of aliphatic carboxylic acids is 6. The first-order valence-corrected chi connectivity index (χ1v) is 32.5. The van der Waals surface area contributed by atoms with E-state index in [4.69, 9.17) is 19.9 Å². The zero-order chi connectivity index (χ0) is 71.8. The van der Waals surface area contributed by atoms with Crippen molar-refractivity contribution in [3.8, 4) is 0 Å². The lowest BCUT2D eigenvalue weighted by molar-refractivity contribution is -0.141. The molecule has 2 amide bonds. The average Bonchev–Trinajstić information content (AvgIpc) is 1.61. The number of rotatable bonds is 20. The van der Waals surface area contributed by atoms with Crippen molar-refractivity contribution in [2.45, 2.75) is 170 Å². The lowest BCUT2D eigenvalue weighted by atomic mass is 9.84. The number of fused-ring (bicyclic) bond motifs is 16. The Hall–Kier alpha value is -11.0. The Morgan fingerprint density at radius 3 is 1.22 bits per heavy atom. The molecule has 98 heavy (non-hydrogen) atoms. The summed E-state index contributed by atoms with van der Waals surface area (Å²) in [5.41, 5.74) is 17.9. The number of H-pyrrole nitrogens is 4. The van der Waals surface area contributed by atoms with Crippen LogP contribution in [0.15, 0.2) is 49.6 Å². The normalized spacial score (nSPS) is 16.4. The van der Waals surface area contributed by atoms with Crippen molar-refractivity contribution in [1.29, 1.82) is 0 Å². The molecule has 4 unspecified atom stereocenters. The number of hydrogen-bond donors (Lipinski definition) is 12. The molecule has 10 heterocycles. The van der Waals surface area contributed by atoms with Crippen LogP contribution in [0, 0.1) is 27.7 Å². The van der Waals surface area contributed by atoms with E-state index >= 15 is 0 Å². The molecule has 12 N–H and O–H groups in total. The first kappa shape index (κ1) is 71.3. The summed E-state index contributed by atoms with van der Waals surface area (Å²) >= 11 is 0. The second-order valence-electron chi connectivity index (χ2n) is 25.4. The van der Waals surface area contributed by atoms with Crippen LogP contribution in [0.1, 0.15) is 206 Å². The van der Waals surface area contributed by atoms with Gasteiger partial charge in [0.25, 0.3) is 0 Å². The maximum Gasteiger partial charge on any atom is 0.338 e. The van der Waals surface area contributed by atoms with Crippen molar-refractivity contribution in [2.75, 3.05) is 0 Å². The molecule has 0 fully saturated rings. The Morgan fingerprint density at radius 2 is 0.857 bits per heavy atom. The molecule has 6 aromatic rings. The van der Waals surface area contributed by atoms with Crippen LogP contribution >= 0.6 is 0 Å². The van der Waals surface area contributed by atoms with Crippen LogP contribution < -0.4 is 10.6 Å². The van der Waals surface area contributed by atoms with E-state index in [2.05, 4.69) is 43.7 Å². The van der Waals surface area contributed by atoms with Gasteiger partial charge in [0.2, 0.25) is 11.8 Å². The van der Waals surface area contributed by atoms with E-state index in [1.165, 1.54) is 13.8 Å². The number of hydrogen-bond acceptors (Lipinski definition) is 12. The van der Waals surface area contributed by atoms with E-state index in [0.29, 0.717) is 58.2 Å². The van der Waals surface area contributed by atoms with Crippen molar-refractivity contribution in [1.82, 2.24) is 50.5 Å². The molecule has 0 aliphatic carbocycles. The number of carboxylic acid groups (broad SMARTS) is 6. The minimum atomic E-state index is -1.25. The smallest absolute Gasteiger partial charge is 0.338 e. The van der Waals surface area contributed by atoms with Crippen LogP contribution in [0.3, 0.4) is 0 Å². The van der Waals surface area contributed by atoms with Gasteiger partial charge in [-0.25, -0.2) is 19.6 Å². The highest BCUT2D eigenvalue weighted by Gasteiger charge is 2.38. The van der Waals surface area contributed by atoms with Gasteiger partial charge in [-0.2, -0.15) is 0 Å². The summed E-state index contributed by atoms with van der Waals surface area (Å²) in [5, 5.41) is 64.4. The predicted octanol–water partition coefficient (Wildman–Crippen LogP) is 12.1. The van der Waals surface area contributed by atoms with Crippen LogP contribution in [0.25, 0.3) is 78.6 Å². The molecule has 6 aromatic heterocycles. The van der Waals surface area contributed by atoms with Gasteiger partial charge < -0.3 is 61.2 Å². The maximum absolute atomic E-state index is 13.4. The summed E-state index contributed by atoms with van der Waals surface area (Å²) < 4.78 is 0. The summed E-state index contributed by atoms with van der Waals surface area (Å²) in [6, 6.07) is 9.14. The Bertz CT molecular complexity index is 4840. The molecule has 24 nitrogen and oxygen atoms in total. The highest BCUT2D eigenvalue weighted by molar-refractivity contribution is 6.25. The van der Waals surface area contributed by atoms with E-state index in [1.807, 2.05) is 79.7 Å². The molecule has 0 spiro atoms.